The van der Waals surface area contributed by atoms with Gasteiger partial charge in [0.1, 0.15) is 11.4 Å². The van der Waals surface area contributed by atoms with Gasteiger partial charge in [-0.05, 0) is 48.0 Å². The van der Waals surface area contributed by atoms with Crippen LogP contribution in [0.1, 0.15) is 5.56 Å². The molecule has 0 aliphatic carbocycles. The number of nitrogens with one attached hydrogen (secondary N) is 2. The van der Waals surface area contributed by atoms with Crippen LogP contribution in [0.5, 0.6) is 5.75 Å². The van der Waals surface area contributed by atoms with E-state index in [-0.39, 0.29) is 5.91 Å². The first-order valence-corrected chi connectivity index (χ1v) is 8.73. The number of carbonyl (C=O) groups excluding carboxylic acids is 1. The lowest BCUT2D eigenvalue weighted by Crippen LogP contribution is -2.07. The van der Waals surface area contributed by atoms with E-state index in [0.717, 1.165) is 27.7 Å². The molecule has 28 heavy (non-hydrogen) atoms. The van der Waals surface area contributed by atoms with Crippen molar-refractivity contribution >= 4 is 28.7 Å². The highest BCUT2D eigenvalue weighted by atomic mass is 16.5. The van der Waals surface area contributed by atoms with Crippen molar-refractivity contribution < 1.29 is 9.53 Å². The third-order valence-electron chi connectivity index (χ3n) is 4.31. The topological polar surface area (TPSA) is 79.9 Å². The highest BCUT2D eigenvalue weighted by Gasteiger charge is 2.10. The number of methoxy groups -OCH3 is 1. The van der Waals surface area contributed by atoms with Crippen molar-refractivity contribution in [3.63, 3.8) is 0 Å². The number of benzene rings is 1. The lowest BCUT2D eigenvalue weighted by Gasteiger charge is -2.11. The zero-order valence-corrected chi connectivity index (χ0v) is 15.2. The van der Waals surface area contributed by atoms with Crippen molar-refractivity contribution in [1.82, 2.24) is 15.0 Å². The van der Waals surface area contributed by atoms with Crippen molar-refractivity contribution in [1.29, 1.82) is 0 Å². The molecule has 4 rings (SSSR count). The Labute approximate surface area is 161 Å². The summed E-state index contributed by atoms with van der Waals surface area (Å²) in [5.74, 6) is 0.439. The molecule has 0 saturated heterocycles. The SMILES string of the molecule is COc1cc(NC(=O)C=Cc2ccncc2)ccc1-c1cnc2[nH]ccc2c1. The van der Waals surface area contributed by atoms with Gasteiger partial charge in [-0.25, -0.2) is 4.98 Å². The summed E-state index contributed by atoms with van der Waals surface area (Å²) >= 11 is 0. The van der Waals surface area contributed by atoms with E-state index in [0.29, 0.717) is 11.4 Å². The van der Waals surface area contributed by atoms with Crippen LogP contribution in [-0.4, -0.2) is 28.0 Å². The smallest absolute Gasteiger partial charge is 0.248 e. The van der Waals surface area contributed by atoms with Gasteiger partial charge >= 0.3 is 0 Å². The molecule has 0 radical (unpaired) electrons. The number of hydrogen-bond acceptors (Lipinski definition) is 4. The molecule has 2 N–H and O–H groups in total. The van der Waals surface area contributed by atoms with Gasteiger partial charge in [0.15, 0.2) is 0 Å². The van der Waals surface area contributed by atoms with E-state index >= 15 is 0 Å². The third kappa shape index (κ3) is 3.76. The lowest BCUT2D eigenvalue weighted by atomic mass is 10.0. The summed E-state index contributed by atoms with van der Waals surface area (Å²) in [5.41, 5.74) is 4.25. The van der Waals surface area contributed by atoms with Crippen LogP contribution in [0.4, 0.5) is 5.69 Å². The van der Waals surface area contributed by atoms with Crippen LogP contribution >= 0.6 is 0 Å². The Morgan fingerprint density at radius 2 is 2.00 bits per heavy atom. The normalized spacial score (nSPS) is 11.0. The minimum atomic E-state index is -0.220. The zero-order valence-electron chi connectivity index (χ0n) is 15.2. The maximum atomic E-state index is 12.2. The molecular formula is C22H18N4O2. The number of carbonyl (C=O) groups is 1. The standard InChI is InChI=1S/C22H18N4O2/c1-28-20-13-18(26-21(27)5-2-15-6-9-23-10-7-15)3-4-19(20)17-12-16-8-11-24-22(16)25-14-17/h2-14H,1H3,(H,24,25)(H,26,27). The summed E-state index contributed by atoms with van der Waals surface area (Å²) in [4.78, 5) is 23.6. The van der Waals surface area contributed by atoms with Crippen LogP contribution in [0, 0.1) is 0 Å². The number of fused-ring (bicyclic) bond motifs is 1. The number of H-pyrrole nitrogens is 1. The van der Waals surface area contributed by atoms with Gasteiger partial charge in [0.25, 0.3) is 0 Å². The molecule has 0 saturated carbocycles. The number of anilines is 1. The average molecular weight is 370 g/mol. The fraction of sp³-hybridized carbons (Fsp3) is 0.0455. The van der Waals surface area contributed by atoms with Crippen LogP contribution in [-0.2, 0) is 4.79 Å². The second kappa shape index (κ2) is 7.75. The molecule has 0 aliphatic rings. The summed E-state index contributed by atoms with van der Waals surface area (Å²) in [6, 6.07) is 13.2. The number of nitrogens with zero attached hydrogens (tertiary/aromatic N) is 2. The Morgan fingerprint density at radius 3 is 2.82 bits per heavy atom. The van der Waals surface area contributed by atoms with Gasteiger partial charge in [0.05, 0.1) is 7.11 Å². The highest BCUT2D eigenvalue weighted by molar-refractivity contribution is 6.02. The Kier molecular flexibility index (Phi) is 4.84. The monoisotopic (exact) mass is 370 g/mol. The van der Waals surface area contributed by atoms with Crippen LogP contribution in [0.3, 0.4) is 0 Å². The fourth-order valence-electron chi connectivity index (χ4n) is 2.92. The molecule has 0 fully saturated rings. The predicted octanol–water partition coefficient (Wildman–Crippen LogP) is 4.29. The molecule has 1 aromatic carbocycles. The van der Waals surface area contributed by atoms with Gasteiger partial charge in [-0.15, -0.1) is 0 Å². The molecule has 0 bridgehead atoms. The van der Waals surface area contributed by atoms with Crippen LogP contribution in [0.15, 0.2) is 73.3 Å². The molecule has 3 aromatic heterocycles. The Bertz CT molecular complexity index is 1150. The number of pyridine rings is 2. The summed E-state index contributed by atoms with van der Waals surface area (Å²) in [5, 5.41) is 3.88. The Hall–Kier alpha value is -3.93. The summed E-state index contributed by atoms with van der Waals surface area (Å²) in [6.45, 7) is 0. The maximum Gasteiger partial charge on any atom is 0.248 e. The zero-order chi connectivity index (χ0) is 19.3. The van der Waals surface area contributed by atoms with Gasteiger partial charge in [-0.1, -0.05) is 0 Å². The van der Waals surface area contributed by atoms with E-state index in [2.05, 4.69) is 20.3 Å². The van der Waals surface area contributed by atoms with E-state index < -0.39 is 0 Å². The van der Waals surface area contributed by atoms with Crippen molar-refractivity contribution in [3.8, 4) is 16.9 Å². The maximum absolute atomic E-state index is 12.2. The molecule has 3 heterocycles. The van der Waals surface area contributed by atoms with Gasteiger partial charge in [-0.2, -0.15) is 0 Å². The van der Waals surface area contributed by atoms with Crippen molar-refractivity contribution in [2.75, 3.05) is 12.4 Å². The second-order valence-electron chi connectivity index (χ2n) is 6.16. The number of aromatic nitrogens is 3. The van der Waals surface area contributed by atoms with Gasteiger partial charge in [0, 0.05) is 59.1 Å². The minimum Gasteiger partial charge on any atom is -0.496 e. The number of aromatic amines is 1. The molecule has 6 nitrogen and oxygen atoms in total. The van der Waals surface area contributed by atoms with Gasteiger partial charge < -0.3 is 15.0 Å². The Morgan fingerprint density at radius 1 is 1.14 bits per heavy atom. The van der Waals surface area contributed by atoms with Crippen LogP contribution in [0.25, 0.3) is 28.2 Å². The third-order valence-corrected chi connectivity index (χ3v) is 4.31. The van der Waals surface area contributed by atoms with E-state index in [1.54, 1.807) is 37.8 Å². The largest absolute Gasteiger partial charge is 0.496 e. The van der Waals surface area contributed by atoms with E-state index in [9.17, 15) is 4.79 Å². The summed E-state index contributed by atoms with van der Waals surface area (Å²) < 4.78 is 5.53. The second-order valence-corrected chi connectivity index (χ2v) is 6.16. The lowest BCUT2D eigenvalue weighted by molar-refractivity contribution is -0.111. The highest BCUT2D eigenvalue weighted by Crippen LogP contribution is 2.33. The van der Waals surface area contributed by atoms with Crippen molar-refractivity contribution in [2.45, 2.75) is 0 Å². The first-order valence-electron chi connectivity index (χ1n) is 8.73. The van der Waals surface area contributed by atoms with Crippen LogP contribution in [0.2, 0.25) is 0 Å². The van der Waals surface area contributed by atoms with E-state index in [1.165, 1.54) is 6.08 Å². The van der Waals surface area contributed by atoms with E-state index in [4.69, 9.17) is 4.74 Å². The molecular weight excluding hydrogens is 352 g/mol. The van der Waals surface area contributed by atoms with Crippen LogP contribution < -0.4 is 10.1 Å². The van der Waals surface area contributed by atoms with Gasteiger partial charge in [-0.3, -0.25) is 9.78 Å². The molecule has 6 heteroatoms. The Balaban J connectivity index is 1.54. The number of hydrogen-bond donors (Lipinski definition) is 2. The fourth-order valence-corrected chi connectivity index (χ4v) is 2.92. The first-order chi connectivity index (χ1) is 13.7. The molecule has 0 spiro atoms. The van der Waals surface area contributed by atoms with E-state index in [1.807, 2.05) is 42.6 Å². The number of ether oxygens (including phenoxy) is 1. The average Bonchev–Trinajstić information content (AvgIpc) is 3.21. The minimum absolute atomic E-state index is 0.220. The predicted molar refractivity (Wildman–Crippen MR) is 110 cm³/mol. The summed E-state index contributed by atoms with van der Waals surface area (Å²) in [6.07, 6.45) is 10.2. The molecule has 138 valence electrons. The molecule has 4 aromatic rings. The quantitative estimate of drug-likeness (QED) is 0.514. The van der Waals surface area contributed by atoms with Crippen molar-refractivity contribution in [2.24, 2.45) is 0 Å². The summed E-state index contributed by atoms with van der Waals surface area (Å²) in [7, 11) is 1.61. The van der Waals surface area contributed by atoms with Gasteiger partial charge in [0.2, 0.25) is 5.91 Å². The molecule has 0 atom stereocenters. The molecule has 0 aliphatic heterocycles. The first kappa shape index (κ1) is 17.5. The molecule has 0 unspecified atom stereocenters. The number of amides is 1. The number of rotatable bonds is 5. The van der Waals surface area contributed by atoms with Crippen molar-refractivity contribution in [3.05, 3.63) is 78.9 Å². The molecule has 1 amide bonds.